The van der Waals surface area contributed by atoms with Crippen molar-refractivity contribution < 1.29 is 18.4 Å². The molecule has 0 aliphatic heterocycles. The number of carbonyl (C=O) groups is 2. The van der Waals surface area contributed by atoms with E-state index >= 15 is 0 Å². The van der Waals surface area contributed by atoms with Crippen molar-refractivity contribution >= 4 is 28.6 Å². The summed E-state index contributed by atoms with van der Waals surface area (Å²) in [5.74, 6) is -0.690. The Morgan fingerprint density at radius 1 is 0.704 bits per heavy atom. The average molecular weight is 411 g/mol. The number of carbonyl (C=O) groups excluding carboxylic acids is 2. The maximum Gasteiger partial charge on any atom is 0.297 e. The van der Waals surface area contributed by atoms with E-state index < -0.39 is 16.6 Å². The van der Waals surface area contributed by atoms with Gasteiger partial charge in [0.15, 0.2) is 0 Å². The fraction of sp³-hybridized carbons (Fsp3) is 0.810. The molecule has 4 atom stereocenters. The monoisotopic (exact) mass is 410 g/mol. The third-order valence-electron chi connectivity index (χ3n) is 7.50. The summed E-state index contributed by atoms with van der Waals surface area (Å²) in [6.07, 6.45) is 5.13. The number of hydrogen-bond donors (Lipinski definition) is 0. The van der Waals surface area contributed by atoms with Gasteiger partial charge in [0.1, 0.15) is 0 Å². The van der Waals surface area contributed by atoms with Crippen molar-refractivity contribution in [1.29, 1.82) is 0 Å². The van der Waals surface area contributed by atoms with Crippen molar-refractivity contribution in [3.8, 4) is 0 Å². The predicted molar refractivity (Wildman–Crippen MR) is 114 cm³/mol. The van der Waals surface area contributed by atoms with Crippen LogP contribution in [-0.2, 0) is 18.4 Å². The maximum atomic E-state index is 13.2. The van der Waals surface area contributed by atoms with Gasteiger partial charge in [0.05, 0.1) is 11.8 Å². The van der Waals surface area contributed by atoms with E-state index in [1.165, 1.54) is 0 Å². The van der Waals surface area contributed by atoms with Crippen LogP contribution in [0.4, 0.5) is 0 Å². The van der Waals surface area contributed by atoms with Crippen molar-refractivity contribution in [2.75, 3.05) is 0 Å². The Morgan fingerprint density at radius 3 is 1.26 bits per heavy atom. The van der Waals surface area contributed by atoms with Gasteiger partial charge >= 0.3 is 0 Å². The molecule has 0 aromatic carbocycles. The van der Waals surface area contributed by atoms with Gasteiger partial charge < -0.3 is 8.85 Å². The molecule has 2 rings (SSSR count). The molecule has 1 saturated carbocycles. The highest BCUT2D eigenvalue weighted by molar-refractivity contribution is 6.75. The lowest BCUT2D eigenvalue weighted by atomic mass is 9.83. The molecule has 4 nitrogen and oxygen atoms in total. The van der Waals surface area contributed by atoms with Crippen LogP contribution in [0.25, 0.3) is 0 Å². The van der Waals surface area contributed by atoms with Crippen LogP contribution in [0.1, 0.15) is 48.0 Å². The summed E-state index contributed by atoms with van der Waals surface area (Å²) >= 11 is 0. The second kappa shape index (κ2) is 9.08. The lowest BCUT2D eigenvalue weighted by molar-refractivity contribution is -0.152. The van der Waals surface area contributed by atoms with Crippen molar-refractivity contribution in [3.05, 3.63) is 12.2 Å². The minimum atomic E-state index is -2.02. The van der Waals surface area contributed by atoms with Gasteiger partial charge in [-0.25, -0.2) is 0 Å². The zero-order valence-electron chi connectivity index (χ0n) is 18.0. The van der Waals surface area contributed by atoms with E-state index in [2.05, 4.69) is 53.7 Å². The summed E-state index contributed by atoms with van der Waals surface area (Å²) in [6.45, 7) is 12.8. The first-order valence-corrected chi connectivity index (χ1v) is 16.0. The lowest BCUT2D eigenvalue weighted by Gasteiger charge is -2.34. The second-order valence-corrected chi connectivity index (χ2v) is 17.7. The van der Waals surface area contributed by atoms with E-state index in [-0.39, 0.29) is 35.6 Å². The number of fused-ring (bicyclic) bond motifs is 2. The fourth-order valence-electron chi connectivity index (χ4n) is 4.96. The Hall–Kier alpha value is -0.886. The van der Waals surface area contributed by atoms with Gasteiger partial charge in [0.2, 0.25) is 0 Å². The highest BCUT2D eigenvalue weighted by Gasteiger charge is 2.55. The molecule has 2 aliphatic carbocycles. The average Bonchev–Trinajstić information content (AvgIpc) is 3.32. The van der Waals surface area contributed by atoms with Crippen LogP contribution in [-0.4, -0.2) is 28.6 Å². The molecule has 6 heteroatoms. The number of allylic oxidation sites excluding steroid dienone is 2. The Bertz CT molecular complexity index is 502. The van der Waals surface area contributed by atoms with Gasteiger partial charge in [-0.05, 0) is 54.5 Å². The molecule has 0 spiro atoms. The van der Waals surface area contributed by atoms with Crippen molar-refractivity contribution in [2.45, 2.75) is 84.2 Å². The smallest absolute Gasteiger partial charge is 0.297 e. The first kappa shape index (κ1) is 22.4. The molecule has 0 heterocycles. The molecule has 1 fully saturated rings. The van der Waals surface area contributed by atoms with E-state index in [4.69, 9.17) is 8.85 Å². The van der Waals surface area contributed by atoms with Crippen molar-refractivity contribution in [3.63, 3.8) is 0 Å². The SMILES string of the molecule is CC[Si](CC)(CC)OC(=O)C1C2C=CC(C2)C1C(=O)O[Si](CC)(CC)CC. The Balaban J connectivity index is 2.21. The largest absolute Gasteiger partial charge is 0.519 e. The lowest BCUT2D eigenvalue weighted by Crippen LogP contribution is -2.46. The van der Waals surface area contributed by atoms with Gasteiger partial charge in [-0.1, -0.05) is 53.7 Å². The standard InChI is InChI=1S/C21H38O4Si2/c1-7-26(8-2,9-3)24-20(22)18-16-13-14-17(15-16)19(18)21(23)25-27(10-4,11-5)12-6/h13-14,16-19H,7-12,15H2,1-6H3. The van der Waals surface area contributed by atoms with Crippen molar-refractivity contribution in [2.24, 2.45) is 23.7 Å². The zero-order chi connectivity index (χ0) is 20.2. The molecule has 0 aromatic rings. The van der Waals surface area contributed by atoms with Gasteiger partial charge in [-0.3, -0.25) is 9.59 Å². The molecule has 0 amide bonds. The summed E-state index contributed by atoms with van der Waals surface area (Å²) in [6, 6.07) is 5.64. The summed E-state index contributed by atoms with van der Waals surface area (Å²) in [5, 5.41) is 0. The Kier molecular flexibility index (Phi) is 7.53. The van der Waals surface area contributed by atoms with Gasteiger partial charge in [0, 0.05) is 0 Å². The van der Waals surface area contributed by atoms with Crippen LogP contribution in [0.5, 0.6) is 0 Å². The van der Waals surface area contributed by atoms with Crippen LogP contribution < -0.4 is 0 Å². The molecule has 2 bridgehead atoms. The van der Waals surface area contributed by atoms with E-state index in [0.29, 0.717) is 0 Å². The zero-order valence-corrected chi connectivity index (χ0v) is 20.0. The van der Waals surface area contributed by atoms with Crippen molar-refractivity contribution in [1.82, 2.24) is 0 Å². The number of hydrogen-bond acceptors (Lipinski definition) is 4. The summed E-state index contributed by atoms with van der Waals surface area (Å²) < 4.78 is 12.4. The molecule has 27 heavy (non-hydrogen) atoms. The molecule has 0 aromatic heterocycles. The molecule has 154 valence electrons. The quantitative estimate of drug-likeness (QED) is 0.351. The predicted octanol–water partition coefficient (Wildman–Crippen LogP) is 5.52. The van der Waals surface area contributed by atoms with E-state index in [1.54, 1.807) is 0 Å². The van der Waals surface area contributed by atoms with Gasteiger partial charge in [-0.2, -0.15) is 0 Å². The van der Waals surface area contributed by atoms with Crippen LogP contribution in [0, 0.1) is 23.7 Å². The first-order chi connectivity index (χ1) is 12.8. The van der Waals surface area contributed by atoms with Gasteiger partial charge in [0.25, 0.3) is 28.6 Å². The molecule has 0 radical (unpaired) electrons. The molecular formula is C21H38O4Si2. The third-order valence-corrected chi connectivity index (χ3v) is 16.5. The molecule has 2 aliphatic rings. The van der Waals surface area contributed by atoms with Crippen LogP contribution in [0.15, 0.2) is 12.2 Å². The summed E-state index contributed by atoms with van der Waals surface area (Å²) in [5.41, 5.74) is 0. The molecular weight excluding hydrogens is 372 g/mol. The van der Waals surface area contributed by atoms with Gasteiger partial charge in [-0.15, -0.1) is 0 Å². The molecule has 0 saturated heterocycles. The van der Waals surface area contributed by atoms with Crippen LogP contribution >= 0.6 is 0 Å². The highest BCUT2D eigenvalue weighted by atomic mass is 28.4. The van der Waals surface area contributed by atoms with Crippen LogP contribution in [0.2, 0.25) is 36.3 Å². The first-order valence-electron chi connectivity index (χ1n) is 11.0. The topological polar surface area (TPSA) is 52.6 Å². The fourth-order valence-corrected chi connectivity index (χ4v) is 9.95. The number of rotatable bonds is 10. The normalized spacial score (nSPS) is 27.0. The Labute approximate surface area is 167 Å². The third kappa shape index (κ3) is 4.26. The highest BCUT2D eigenvalue weighted by Crippen LogP contribution is 2.50. The van der Waals surface area contributed by atoms with E-state index in [1.807, 2.05) is 0 Å². The second-order valence-electron chi connectivity index (χ2n) is 8.33. The molecule has 4 unspecified atom stereocenters. The van der Waals surface area contributed by atoms with E-state index in [0.717, 1.165) is 42.7 Å². The van der Waals surface area contributed by atoms with Crippen LogP contribution in [0.3, 0.4) is 0 Å². The summed E-state index contributed by atoms with van der Waals surface area (Å²) in [7, 11) is -4.05. The van der Waals surface area contributed by atoms with E-state index in [9.17, 15) is 9.59 Å². The maximum absolute atomic E-state index is 13.2. The minimum Gasteiger partial charge on any atom is -0.519 e. The Morgan fingerprint density at radius 2 is 1.00 bits per heavy atom. The minimum absolute atomic E-state index is 0.136. The molecule has 0 N–H and O–H groups in total. The summed E-state index contributed by atoms with van der Waals surface area (Å²) in [4.78, 5) is 26.4.